The molecular formula is C50H86N2O7. The lowest BCUT2D eigenvalue weighted by molar-refractivity contribution is -0.147. The molecule has 0 radical (unpaired) electrons. The molecule has 0 spiro atoms. The normalized spacial score (nSPS) is 13.0. The Morgan fingerprint density at radius 1 is 0.542 bits per heavy atom. The zero-order valence-corrected chi connectivity index (χ0v) is 37.5. The minimum Gasteiger partial charge on any atom is -0.480 e. The third-order valence-electron chi connectivity index (χ3n) is 10.2. The fourth-order valence-electron chi connectivity index (χ4n) is 6.62. The van der Waals surface area contributed by atoms with Crippen molar-refractivity contribution in [2.24, 2.45) is 0 Å². The van der Waals surface area contributed by atoms with Crippen LogP contribution >= 0.6 is 0 Å². The fraction of sp³-hybridized carbons (Fsp3) is 0.720. The second kappa shape index (κ2) is 44.1. The number of unbranched alkanes of at least 4 members (excludes halogenated alkanes) is 20. The van der Waals surface area contributed by atoms with E-state index >= 15 is 0 Å². The van der Waals surface area contributed by atoms with Gasteiger partial charge >= 0.3 is 11.9 Å². The Morgan fingerprint density at radius 3 is 1.56 bits per heavy atom. The van der Waals surface area contributed by atoms with E-state index in [1.807, 2.05) is 0 Å². The maximum atomic E-state index is 12.8. The van der Waals surface area contributed by atoms with Crippen molar-refractivity contribution in [3.05, 3.63) is 60.8 Å². The molecule has 0 aromatic heterocycles. The number of carboxylic acid groups (broad SMARTS) is 1. The van der Waals surface area contributed by atoms with Crippen LogP contribution in [0, 0.1) is 0 Å². The molecule has 0 bridgehead atoms. The molecule has 9 heteroatoms. The van der Waals surface area contributed by atoms with Crippen LogP contribution in [0.15, 0.2) is 60.8 Å². The fourth-order valence-corrected chi connectivity index (χ4v) is 6.62. The Balaban J connectivity index is 4.19. The Bertz CT molecular complexity index is 1180. The number of carbonyl (C=O) groups excluding carboxylic acids is 3. The summed E-state index contributed by atoms with van der Waals surface area (Å²) in [7, 11) is 0. The molecule has 9 nitrogen and oxygen atoms in total. The van der Waals surface area contributed by atoms with Gasteiger partial charge in [0.15, 0.2) is 0 Å². The van der Waals surface area contributed by atoms with Crippen LogP contribution in [0.1, 0.15) is 206 Å². The van der Waals surface area contributed by atoms with Gasteiger partial charge < -0.3 is 25.6 Å². The van der Waals surface area contributed by atoms with Gasteiger partial charge in [-0.2, -0.15) is 0 Å². The van der Waals surface area contributed by atoms with E-state index < -0.39 is 24.5 Å². The molecule has 2 unspecified atom stereocenters. The van der Waals surface area contributed by atoms with E-state index in [-0.39, 0.29) is 30.9 Å². The van der Waals surface area contributed by atoms with Crippen molar-refractivity contribution in [1.29, 1.82) is 0 Å². The lowest BCUT2D eigenvalue weighted by atomic mass is 10.0. The van der Waals surface area contributed by atoms with Crippen molar-refractivity contribution in [1.82, 2.24) is 10.6 Å². The number of hydrogen-bond acceptors (Lipinski definition) is 6. The first-order chi connectivity index (χ1) is 28.8. The predicted octanol–water partition coefficient (Wildman–Crippen LogP) is 12.1. The first kappa shape index (κ1) is 55.5. The van der Waals surface area contributed by atoms with E-state index in [2.05, 4.69) is 85.2 Å². The van der Waals surface area contributed by atoms with Gasteiger partial charge in [-0.3, -0.25) is 14.4 Å². The quantitative estimate of drug-likeness (QED) is 0.0273. The number of carboxylic acids is 1. The summed E-state index contributed by atoms with van der Waals surface area (Å²) in [5.74, 6) is -2.40. The Hall–Kier alpha value is -3.46. The summed E-state index contributed by atoms with van der Waals surface area (Å²) < 4.78 is 5.93. The van der Waals surface area contributed by atoms with Crippen LogP contribution in [0.4, 0.5) is 0 Å². The average molecular weight is 827 g/mol. The van der Waals surface area contributed by atoms with Crippen LogP contribution < -0.4 is 10.6 Å². The van der Waals surface area contributed by atoms with E-state index in [1.165, 1.54) is 96.3 Å². The molecule has 0 aromatic rings. The highest BCUT2D eigenvalue weighted by Gasteiger charge is 2.18. The summed E-state index contributed by atoms with van der Waals surface area (Å²) in [5, 5.41) is 22.6. The smallest absolute Gasteiger partial charge is 0.328 e. The molecule has 0 fully saturated rings. The van der Waals surface area contributed by atoms with E-state index in [9.17, 15) is 19.2 Å². The van der Waals surface area contributed by atoms with Crippen molar-refractivity contribution >= 4 is 23.8 Å². The molecule has 0 heterocycles. The van der Waals surface area contributed by atoms with Crippen LogP contribution in [-0.4, -0.2) is 59.3 Å². The number of amides is 2. The number of allylic oxidation sites excluding steroid dienone is 9. The molecule has 2 atom stereocenters. The summed E-state index contributed by atoms with van der Waals surface area (Å²) in [6, 6.07) is -1.39. The van der Waals surface area contributed by atoms with E-state index in [4.69, 9.17) is 14.9 Å². The second-order valence-electron chi connectivity index (χ2n) is 15.8. The summed E-state index contributed by atoms with van der Waals surface area (Å²) in [5.41, 5.74) is 0. The number of esters is 1. The molecule has 0 aromatic carbocycles. The maximum absolute atomic E-state index is 12.8. The zero-order valence-electron chi connectivity index (χ0n) is 37.5. The number of aliphatic carboxylic acids is 1. The third kappa shape index (κ3) is 41.1. The predicted molar refractivity (Wildman–Crippen MR) is 245 cm³/mol. The lowest BCUT2D eigenvalue weighted by Gasteiger charge is -2.15. The molecule has 0 aliphatic carbocycles. The molecule has 0 saturated heterocycles. The molecule has 0 rings (SSSR count). The second-order valence-corrected chi connectivity index (χ2v) is 15.8. The van der Waals surface area contributed by atoms with Gasteiger partial charge in [-0.1, -0.05) is 171 Å². The van der Waals surface area contributed by atoms with Crippen molar-refractivity contribution in [3.8, 4) is 0 Å². The van der Waals surface area contributed by atoms with Crippen molar-refractivity contribution in [3.63, 3.8) is 0 Å². The Kier molecular flexibility index (Phi) is 41.5. The molecule has 2 amide bonds. The Morgan fingerprint density at radius 2 is 1.02 bits per heavy atom. The maximum Gasteiger partial charge on any atom is 0.328 e. The van der Waals surface area contributed by atoms with Crippen molar-refractivity contribution in [2.45, 2.75) is 219 Å². The molecule has 59 heavy (non-hydrogen) atoms. The number of hydrogen-bond donors (Lipinski definition) is 4. The van der Waals surface area contributed by atoms with Crippen LogP contribution in [0.2, 0.25) is 0 Å². The number of carbonyl (C=O) groups is 4. The van der Waals surface area contributed by atoms with Crippen molar-refractivity contribution < 1.29 is 34.1 Å². The molecule has 0 saturated carbocycles. The summed E-state index contributed by atoms with van der Waals surface area (Å²) in [6.45, 7) is 3.34. The molecule has 0 aliphatic heterocycles. The van der Waals surface area contributed by atoms with Crippen LogP contribution in [0.25, 0.3) is 0 Å². The zero-order chi connectivity index (χ0) is 43.3. The molecule has 0 aliphatic rings. The highest BCUT2D eigenvalue weighted by atomic mass is 16.5. The average Bonchev–Trinajstić information content (AvgIpc) is 3.22. The van der Waals surface area contributed by atoms with Gasteiger partial charge in [0, 0.05) is 12.8 Å². The van der Waals surface area contributed by atoms with Gasteiger partial charge in [-0.05, 0) is 83.1 Å². The Labute approximate surface area is 360 Å². The molecular weight excluding hydrogens is 741 g/mol. The molecule has 338 valence electrons. The van der Waals surface area contributed by atoms with Gasteiger partial charge in [-0.15, -0.1) is 0 Å². The SMILES string of the molecule is CC/C=C\C/C=C\C/C=C\C/C=C\CCCCCCCCCCCCC(=O)OC(/C=C\CCCCCCCCC)CCCCCCC(=O)NCC(=O)NC(CO)C(=O)O. The summed E-state index contributed by atoms with van der Waals surface area (Å²) in [6.07, 6.45) is 54.1. The number of aliphatic hydroxyl groups excluding tert-OH is 1. The summed E-state index contributed by atoms with van der Waals surface area (Å²) in [4.78, 5) is 47.7. The third-order valence-corrected chi connectivity index (χ3v) is 10.2. The monoisotopic (exact) mass is 827 g/mol. The van der Waals surface area contributed by atoms with E-state index in [1.54, 1.807) is 0 Å². The standard InChI is InChI=1S/C50H86N2O7/c1-3-5-7-9-11-13-14-15-16-17-18-19-20-21-22-23-24-25-26-28-30-32-38-42-49(56)59-45(39-35-31-29-27-12-10-8-6-4-2)40-36-33-34-37-41-47(54)51-43-48(55)52-46(44-53)50(57)58/h5,7,11,13,15-16,18-19,35,39,45-46,53H,3-4,6,8-10,12,14,17,20-34,36-38,40-44H2,1-2H3,(H,51,54)(H,52,55)(H,57,58)/b7-5-,13-11-,16-15-,19-18-,39-35-. The van der Waals surface area contributed by atoms with Crippen LogP contribution in [0.5, 0.6) is 0 Å². The number of rotatable bonds is 42. The minimum absolute atomic E-state index is 0.116. The van der Waals surface area contributed by atoms with Gasteiger partial charge in [0.1, 0.15) is 12.1 Å². The van der Waals surface area contributed by atoms with Crippen molar-refractivity contribution in [2.75, 3.05) is 13.2 Å². The van der Waals surface area contributed by atoms with E-state index in [0.717, 1.165) is 77.0 Å². The highest BCUT2D eigenvalue weighted by molar-refractivity contribution is 5.87. The topological polar surface area (TPSA) is 142 Å². The summed E-state index contributed by atoms with van der Waals surface area (Å²) >= 11 is 0. The van der Waals surface area contributed by atoms with Crippen LogP contribution in [0.3, 0.4) is 0 Å². The number of ether oxygens (including phenoxy) is 1. The number of nitrogens with one attached hydrogen (secondary N) is 2. The van der Waals surface area contributed by atoms with Crippen LogP contribution in [-0.2, 0) is 23.9 Å². The van der Waals surface area contributed by atoms with Gasteiger partial charge in [0.2, 0.25) is 11.8 Å². The minimum atomic E-state index is -1.39. The van der Waals surface area contributed by atoms with Gasteiger partial charge in [0.25, 0.3) is 0 Å². The lowest BCUT2D eigenvalue weighted by Crippen LogP contribution is -2.47. The first-order valence-electron chi connectivity index (χ1n) is 23.7. The van der Waals surface area contributed by atoms with Gasteiger partial charge in [-0.25, -0.2) is 4.79 Å². The first-order valence-corrected chi connectivity index (χ1v) is 23.7. The molecule has 4 N–H and O–H groups in total. The largest absolute Gasteiger partial charge is 0.480 e. The van der Waals surface area contributed by atoms with Gasteiger partial charge in [0.05, 0.1) is 13.2 Å². The highest BCUT2D eigenvalue weighted by Crippen LogP contribution is 2.16. The van der Waals surface area contributed by atoms with E-state index in [0.29, 0.717) is 12.8 Å². The number of aliphatic hydroxyl groups is 1.